The molecular formula is C16H16N2OS. The molecular weight excluding hydrogens is 268 g/mol. The monoisotopic (exact) mass is 284 g/mol. The van der Waals surface area contributed by atoms with Gasteiger partial charge in [-0.2, -0.15) is 0 Å². The van der Waals surface area contributed by atoms with E-state index in [1.54, 1.807) is 18.0 Å². The summed E-state index contributed by atoms with van der Waals surface area (Å²) in [4.78, 5) is 15.6. The third-order valence-electron chi connectivity index (χ3n) is 2.82. The standard InChI is InChI=1S/C16H16N2OS/c1-12-5-3-6-13(11-12)18(2)16(19)15-9-8-14(20-15)7-4-10-17/h3,5-6,8-9,11H,10,17H2,1-2H3. The van der Waals surface area contributed by atoms with Crippen molar-refractivity contribution in [2.24, 2.45) is 5.73 Å². The van der Waals surface area contributed by atoms with E-state index in [1.807, 2.05) is 37.3 Å². The molecule has 20 heavy (non-hydrogen) atoms. The van der Waals surface area contributed by atoms with Gasteiger partial charge in [0.1, 0.15) is 0 Å². The van der Waals surface area contributed by atoms with E-state index in [0.717, 1.165) is 16.1 Å². The lowest BCUT2D eigenvalue weighted by Crippen LogP contribution is -2.25. The van der Waals surface area contributed by atoms with Crippen LogP contribution in [0.25, 0.3) is 0 Å². The number of rotatable bonds is 2. The highest BCUT2D eigenvalue weighted by atomic mass is 32.1. The molecule has 0 radical (unpaired) electrons. The van der Waals surface area contributed by atoms with Crippen LogP contribution >= 0.6 is 11.3 Å². The average molecular weight is 284 g/mol. The Bertz CT molecular complexity index is 679. The van der Waals surface area contributed by atoms with Crippen LogP contribution in [0.5, 0.6) is 0 Å². The van der Waals surface area contributed by atoms with E-state index < -0.39 is 0 Å². The topological polar surface area (TPSA) is 46.3 Å². The summed E-state index contributed by atoms with van der Waals surface area (Å²) in [6.45, 7) is 2.33. The Balaban J connectivity index is 2.20. The van der Waals surface area contributed by atoms with Gasteiger partial charge in [0.05, 0.1) is 16.3 Å². The highest BCUT2D eigenvalue weighted by molar-refractivity contribution is 7.14. The zero-order chi connectivity index (χ0) is 14.5. The molecule has 0 fully saturated rings. The molecule has 0 aliphatic rings. The molecule has 2 aromatic rings. The lowest BCUT2D eigenvalue weighted by atomic mass is 10.2. The van der Waals surface area contributed by atoms with Gasteiger partial charge >= 0.3 is 0 Å². The fourth-order valence-corrected chi connectivity index (χ4v) is 2.63. The number of benzene rings is 1. The minimum Gasteiger partial charge on any atom is -0.320 e. The van der Waals surface area contributed by atoms with Gasteiger partial charge in [-0.15, -0.1) is 11.3 Å². The maximum Gasteiger partial charge on any atom is 0.268 e. The summed E-state index contributed by atoms with van der Waals surface area (Å²) in [5.41, 5.74) is 7.35. The Hall–Kier alpha value is -2.09. The second-order valence-corrected chi connectivity index (χ2v) is 5.46. The molecule has 1 aromatic heterocycles. The molecule has 0 aliphatic heterocycles. The van der Waals surface area contributed by atoms with Crippen LogP contribution in [0.4, 0.5) is 5.69 Å². The second kappa shape index (κ2) is 6.38. The fourth-order valence-electron chi connectivity index (χ4n) is 1.78. The van der Waals surface area contributed by atoms with Crippen LogP contribution in [0.3, 0.4) is 0 Å². The molecule has 1 heterocycles. The van der Waals surface area contributed by atoms with Crippen molar-refractivity contribution < 1.29 is 4.79 Å². The summed E-state index contributed by atoms with van der Waals surface area (Å²) in [6, 6.07) is 11.5. The Morgan fingerprint density at radius 2 is 2.15 bits per heavy atom. The number of aryl methyl sites for hydroxylation is 1. The predicted molar refractivity (Wildman–Crippen MR) is 84.2 cm³/mol. The van der Waals surface area contributed by atoms with Crippen LogP contribution in [-0.2, 0) is 0 Å². The molecule has 1 amide bonds. The molecule has 1 aromatic carbocycles. The van der Waals surface area contributed by atoms with Crippen LogP contribution in [0, 0.1) is 18.8 Å². The van der Waals surface area contributed by atoms with Crippen molar-refractivity contribution in [2.45, 2.75) is 6.92 Å². The minimum atomic E-state index is -0.0265. The van der Waals surface area contributed by atoms with Crippen molar-refractivity contribution in [3.63, 3.8) is 0 Å². The number of hydrogen-bond donors (Lipinski definition) is 1. The minimum absolute atomic E-state index is 0.0265. The maximum atomic E-state index is 12.4. The van der Waals surface area contributed by atoms with Crippen molar-refractivity contribution in [1.29, 1.82) is 0 Å². The number of amides is 1. The Morgan fingerprint density at radius 3 is 2.85 bits per heavy atom. The summed E-state index contributed by atoms with van der Waals surface area (Å²) >= 11 is 1.39. The quantitative estimate of drug-likeness (QED) is 0.862. The van der Waals surface area contributed by atoms with Crippen molar-refractivity contribution in [3.05, 3.63) is 51.7 Å². The van der Waals surface area contributed by atoms with Crippen LogP contribution in [0.1, 0.15) is 20.1 Å². The second-order valence-electron chi connectivity index (χ2n) is 4.37. The average Bonchev–Trinajstić information content (AvgIpc) is 2.92. The number of anilines is 1. The Morgan fingerprint density at radius 1 is 1.35 bits per heavy atom. The lowest BCUT2D eigenvalue weighted by Gasteiger charge is -2.16. The number of carbonyl (C=O) groups excluding carboxylic acids is 1. The number of thiophene rings is 1. The first-order chi connectivity index (χ1) is 9.61. The molecule has 102 valence electrons. The smallest absolute Gasteiger partial charge is 0.268 e. The van der Waals surface area contributed by atoms with E-state index in [1.165, 1.54) is 11.3 Å². The molecule has 2 N–H and O–H groups in total. The van der Waals surface area contributed by atoms with E-state index >= 15 is 0 Å². The van der Waals surface area contributed by atoms with Crippen LogP contribution in [0.15, 0.2) is 36.4 Å². The van der Waals surface area contributed by atoms with Crippen molar-refractivity contribution >= 4 is 22.9 Å². The maximum absolute atomic E-state index is 12.4. The molecule has 0 aliphatic carbocycles. The summed E-state index contributed by atoms with van der Waals surface area (Å²) in [5, 5.41) is 0. The van der Waals surface area contributed by atoms with Gasteiger partial charge in [0.25, 0.3) is 5.91 Å². The van der Waals surface area contributed by atoms with Gasteiger partial charge in [0.15, 0.2) is 0 Å². The number of nitrogens with two attached hydrogens (primary N) is 1. The molecule has 0 spiro atoms. The molecule has 2 rings (SSSR count). The Kier molecular flexibility index (Phi) is 4.57. The van der Waals surface area contributed by atoms with Crippen molar-refractivity contribution in [3.8, 4) is 11.8 Å². The number of carbonyl (C=O) groups is 1. The molecule has 0 bridgehead atoms. The van der Waals surface area contributed by atoms with Crippen molar-refractivity contribution in [2.75, 3.05) is 18.5 Å². The summed E-state index contributed by atoms with van der Waals surface area (Å²) in [6.07, 6.45) is 0. The van der Waals surface area contributed by atoms with Gasteiger partial charge in [-0.3, -0.25) is 4.79 Å². The highest BCUT2D eigenvalue weighted by Crippen LogP contribution is 2.21. The van der Waals surface area contributed by atoms with Crippen LogP contribution in [0.2, 0.25) is 0 Å². The van der Waals surface area contributed by atoms with Crippen LogP contribution in [-0.4, -0.2) is 19.5 Å². The van der Waals surface area contributed by atoms with E-state index in [-0.39, 0.29) is 5.91 Å². The lowest BCUT2D eigenvalue weighted by molar-refractivity contribution is 0.0997. The molecule has 0 saturated heterocycles. The molecule has 3 nitrogen and oxygen atoms in total. The van der Waals surface area contributed by atoms with Crippen LogP contribution < -0.4 is 10.6 Å². The molecule has 0 saturated carbocycles. The van der Waals surface area contributed by atoms with Gasteiger partial charge in [-0.25, -0.2) is 0 Å². The van der Waals surface area contributed by atoms with E-state index in [0.29, 0.717) is 11.4 Å². The first kappa shape index (κ1) is 14.3. The van der Waals surface area contributed by atoms with Gasteiger partial charge in [-0.05, 0) is 36.8 Å². The Labute approximate surface area is 123 Å². The van der Waals surface area contributed by atoms with E-state index in [9.17, 15) is 4.79 Å². The van der Waals surface area contributed by atoms with Gasteiger partial charge in [0, 0.05) is 12.7 Å². The number of hydrogen-bond acceptors (Lipinski definition) is 3. The van der Waals surface area contributed by atoms with Crippen molar-refractivity contribution in [1.82, 2.24) is 0 Å². The van der Waals surface area contributed by atoms with Gasteiger partial charge in [0.2, 0.25) is 0 Å². The summed E-state index contributed by atoms with van der Waals surface area (Å²) in [7, 11) is 1.78. The SMILES string of the molecule is Cc1cccc(N(C)C(=O)c2ccc(C#CCN)s2)c1. The first-order valence-electron chi connectivity index (χ1n) is 6.25. The first-order valence-corrected chi connectivity index (χ1v) is 7.07. The largest absolute Gasteiger partial charge is 0.320 e. The van der Waals surface area contributed by atoms with Gasteiger partial charge < -0.3 is 10.6 Å². The molecule has 0 unspecified atom stereocenters. The predicted octanol–water partition coefficient (Wildman–Crippen LogP) is 2.64. The summed E-state index contributed by atoms with van der Waals surface area (Å²) in [5.74, 6) is 5.70. The fraction of sp³-hybridized carbons (Fsp3) is 0.188. The number of nitrogens with zero attached hydrogens (tertiary/aromatic N) is 1. The van der Waals surface area contributed by atoms with Gasteiger partial charge in [-0.1, -0.05) is 24.0 Å². The third kappa shape index (κ3) is 3.27. The zero-order valence-electron chi connectivity index (χ0n) is 11.5. The highest BCUT2D eigenvalue weighted by Gasteiger charge is 2.15. The molecule has 4 heteroatoms. The molecule has 0 atom stereocenters. The normalized spacial score (nSPS) is 9.75. The zero-order valence-corrected chi connectivity index (χ0v) is 12.3. The summed E-state index contributed by atoms with van der Waals surface area (Å²) < 4.78 is 0. The van der Waals surface area contributed by atoms with E-state index in [2.05, 4.69) is 11.8 Å². The third-order valence-corrected chi connectivity index (χ3v) is 3.81. The van der Waals surface area contributed by atoms with E-state index in [4.69, 9.17) is 5.73 Å².